The largest absolute Gasteiger partial charge is 0.481 e. The minimum atomic E-state index is -0.797. The minimum Gasteiger partial charge on any atom is -0.481 e. The van der Waals surface area contributed by atoms with Gasteiger partial charge >= 0.3 is 5.97 Å². The third kappa shape index (κ3) is 2.42. The summed E-state index contributed by atoms with van der Waals surface area (Å²) in [6.07, 6.45) is 3.74. The zero-order chi connectivity index (χ0) is 11.5. The van der Waals surface area contributed by atoms with Crippen LogP contribution in [-0.4, -0.2) is 11.1 Å². The molecule has 3 heteroatoms. The average molecular weight is 219 g/mol. The molecule has 2 rings (SSSR count). The van der Waals surface area contributed by atoms with E-state index >= 15 is 0 Å². The van der Waals surface area contributed by atoms with Crippen molar-refractivity contribution in [1.82, 2.24) is 0 Å². The van der Waals surface area contributed by atoms with E-state index in [-0.39, 0.29) is 12.5 Å². The number of carboxylic acids is 1. The second kappa shape index (κ2) is 4.66. The van der Waals surface area contributed by atoms with E-state index in [4.69, 9.17) is 10.8 Å². The first-order valence-corrected chi connectivity index (χ1v) is 5.73. The van der Waals surface area contributed by atoms with Crippen molar-refractivity contribution in [3.8, 4) is 0 Å². The summed E-state index contributed by atoms with van der Waals surface area (Å²) in [5, 5.41) is 8.73. The zero-order valence-corrected chi connectivity index (χ0v) is 9.23. The van der Waals surface area contributed by atoms with Crippen molar-refractivity contribution in [2.45, 2.75) is 31.7 Å². The maximum absolute atomic E-state index is 10.6. The lowest BCUT2D eigenvalue weighted by Crippen LogP contribution is -2.26. The van der Waals surface area contributed by atoms with Gasteiger partial charge in [-0.1, -0.05) is 30.7 Å². The van der Waals surface area contributed by atoms with Gasteiger partial charge in [-0.05, 0) is 29.9 Å². The lowest BCUT2D eigenvalue weighted by atomic mass is 9.77. The van der Waals surface area contributed by atoms with Gasteiger partial charge in [0.15, 0.2) is 0 Å². The van der Waals surface area contributed by atoms with Crippen molar-refractivity contribution in [2.24, 2.45) is 11.7 Å². The first kappa shape index (κ1) is 11.1. The van der Waals surface area contributed by atoms with Crippen LogP contribution in [0, 0.1) is 5.92 Å². The topological polar surface area (TPSA) is 63.3 Å². The summed E-state index contributed by atoms with van der Waals surface area (Å²) >= 11 is 0. The number of carbonyl (C=O) groups is 1. The summed E-state index contributed by atoms with van der Waals surface area (Å²) < 4.78 is 0. The molecule has 0 bridgehead atoms. The van der Waals surface area contributed by atoms with Crippen molar-refractivity contribution >= 4 is 5.97 Å². The fourth-order valence-electron chi connectivity index (χ4n) is 2.16. The Morgan fingerprint density at radius 2 is 2.25 bits per heavy atom. The molecule has 0 aromatic heterocycles. The number of hydrogen-bond acceptors (Lipinski definition) is 2. The molecule has 1 fully saturated rings. The molecule has 1 saturated carbocycles. The smallest absolute Gasteiger partial charge is 0.307 e. The Morgan fingerprint density at radius 1 is 1.50 bits per heavy atom. The molecular weight excluding hydrogens is 202 g/mol. The summed E-state index contributed by atoms with van der Waals surface area (Å²) in [7, 11) is 0. The number of benzene rings is 1. The van der Waals surface area contributed by atoms with Gasteiger partial charge in [-0.2, -0.15) is 0 Å². The van der Waals surface area contributed by atoms with Crippen molar-refractivity contribution < 1.29 is 9.90 Å². The molecule has 1 aromatic carbocycles. The van der Waals surface area contributed by atoms with Gasteiger partial charge < -0.3 is 10.8 Å². The van der Waals surface area contributed by atoms with Crippen molar-refractivity contribution in [2.75, 3.05) is 0 Å². The number of aliphatic carboxylic acids is 1. The molecule has 0 saturated heterocycles. The van der Waals surface area contributed by atoms with Crippen LogP contribution >= 0.6 is 0 Å². The van der Waals surface area contributed by atoms with Crippen molar-refractivity contribution in [3.63, 3.8) is 0 Å². The molecule has 1 aromatic rings. The van der Waals surface area contributed by atoms with Gasteiger partial charge in [0.1, 0.15) is 0 Å². The summed E-state index contributed by atoms with van der Waals surface area (Å²) in [6, 6.07) is 7.73. The van der Waals surface area contributed by atoms with Crippen LogP contribution in [0.25, 0.3) is 0 Å². The van der Waals surface area contributed by atoms with Gasteiger partial charge in [-0.15, -0.1) is 0 Å². The molecule has 3 N–H and O–H groups in total. The van der Waals surface area contributed by atoms with E-state index in [1.807, 2.05) is 24.3 Å². The van der Waals surface area contributed by atoms with Gasteiger partial charge in [-0.3, -0.25) is 4.79 Å². The Balaban J connectivity index is 2.11. The number of hydrogen-bond donors (Lipinski definition) is 2. The third-order valence-electron chi connectivity index (χ3n) is 3.35. The fourth-order valence-corrected chi connectivity index (χ4v) is 2.16. The Labute approximate surface area is 95.3 Å². The molecule has 0 radical (unpaired) electrons. The summed E-state index contributed by atoms with van der Waals surface area (Å²) in [4.78, 5) is 10.6. The van der Waals surface area contributed by atoms with Gasteiger partial charge in [0.05, 0.1) is 6.42 Å². The maximum Gasteiger partial charge on any atom is 0.307 e. The first-order chi connectivity index (χ1) is 7.66. The van der Waals surface area contributed by atoms with Gasteiger partial charge in [0, 0.05) is 6.04 Å². The Kier molecular flexibility index (Phi) is 3.25. The van der Waals surface area contributed by atoms with Gasteiger partial charge in [-0.25, -0.2) is 0 Å². The SMILES string of the molecule is NC(c1cccc(CC(=O)O)c1)C1CCC1. The number of nitrogens with two attached hydrogens (primary N) is 1. The van der Waals surface area contributed by atoms with Crippen LogP contribution in [0.5, 0.6) is 0 Å². The van der Waals surface area contributed by atoms with Crippen LogP contribution in [0.3, 0.4) is 0 Å². The highest BCUT2D eigenvalue weighted by atomic mass is 16.4. The fraction of sp³-hybridized carbons (Fsp3) is 0.462. The van der Waals surface area contributed by atoms with Gasteiger partial charge in [0.2, 0.25) is 0 Å². The van der Waals surface area contributed by atoms with E-state index in [0.717, 1.165) is 11.1 Å². The quantitative estimate of drug-likeness (QED) is 0.815. The van der Waals surface area contributed by atoms with E-state index in [1.54, 1.807) is 0 Å². The van der Waals surface area contributed by atoms with Crippen LogP contribution in [-0.2, 0) is 11.2 Å². The Bertz CT molecular complexity index is 385. The third-order valence-corrected chi connectivity index (χ3v) is 3.35. The first-order valence-electron chi connectivity index (χ1n) is 5.73. The van der Waals surface area contributed by atoms with E-state index in [1.165, 1.54) is 19.3 Å². The molecule has 0 amide bonds. The predicted octanol–water partition coefficient (Wildman–Crippen LogP) is 2.11. The molecule has 16 heavy (non-hydrogen) atoms. The highest BCUT2D eigenvalue weighted by Crippen LogP contribution is 2.36. The van der Waals surface area contributed by atoms with Crippen LogP contribution in [0.4, 0.5) is 0 Å². The van der Waals surface area contributed by atoms with Crippen LogP contribution in [0.15, 0.2) is 24.3 Å². The highest BCUT2D eigenvalue weighted by Gasteiger charge is 2.25. The number of carboxylic acid groups (broad SMARTS) is 1. The van der Waals surface area contributed by atoms with E-state index in [2.05, 4.69) is 0 Å². The molecule has 1 aliphatic carbocycles. The number of rotatable bonds is 4. The molecule has 1 aliphatic rings. The zero-order valence-electron chi connectivity index (χ0n) is 9.23. The molecule has 1 atom stereocenters. The van der Waals surface area contributed by atoms with E-state index in [9.17, 15) is 4.79 Å². The second-order valence-corrected chi connectivity index (χ2v) is 4.53. The molecule has 0 spiro atoms. The molecule has 3 nitrogen and oxygen atoms in total. The minimum absolute atomic E-state index is 0.0718. The van der Waals surface area contributed by atoms with E-state index in [0.29, 0.717) is 5.92 Å². The molecule has 86 valence electrons. The Hall–Kier alpha value is -1.35. The van der Waals surface area contributed by atoms with Crippen molar-refractivity contribution in [1.29, 1.82) is 0 Å². The average Bonchev–Trinajstić information content (AvgIpc) is 2.14. The summed E-state index contributed by atoms with van der Waals surface area (Å²) in [5.41, 5.74) is 8.06. The molecule has 1 unspecified atom stereocenters. The summed E-state index contributed by atoms with van der Waals surface area (Å²) in [5.74, 6) is -0.213. The van der Waals surface area contributed by atoms with Crippen LogP contribution in [0.1, 0.15) is 36.4 Å². The standard InChI is InChI=1S/C13H17NO2/c14-13(10-4-2-5-10)11-6-1-3-9(7-11)8-12(15)16/h1,3,6-7,10,13H,2,4-5,8,14H2,(H,15,16). The van der Waals surface area contributed by atoms with Gasteiger partial charge in [0.25, 0.3) is 0 Å². The lowest BCUT2D eigenvalue weighted by molar-refractivity contribution is -0.136. The maximum atomic E-state index is 10.6. The predicted molar refractivity (Wildman–Crippen MR) is 62.1 cm³/mol. The monoisotopic (exact) mass is 219 g/mol. The highest BCUT2D eigenvalue weighted by molar-refractivity contribution is 5.70. The summed E-state index contributed by atoms with van der Waals surface area (Å²) in [6.45, 7) is 0. The van der Waals surface area contributed by atoms with Crippen LogP contribution in [0.2, 0.25) is 0 Å². The lowest BCUT2D eigenvalue weighted by Gasteiger charge is -2.31. The Morgan fingerprint density at radius 3 is 2.81 bits per heavy atom. The molecule has 0 aliphatic heterocycles. The van der Waals surface area contributed by atoms with Crippen LogP contribution < -0.4 is 5.73 Å². The van der Waals surface area contributed by atoms with E-state index < -0.39 is 5.97 Å². The molecule has 0 heterocycles. The second-order valence-electron chi connectivity index (χ2n) is 4.53. The van der Waals surface area contributed by atoms with Crippen molar-refractivity contribution in [3.05, 3.63) is 35.4 Å². The normalized spacial score (nSPS) is 17.8. The molecular formula is C13H17NO2.